The summed E-state index contributed by atoms with van der Waals surface area (Å²) < 4.78 is 65.0. The number of carbonyl (C=O) groups excluding carboxylic acids is 3. The summed E-state index contributed by atoms with van der Waals surface area (Å²) >= 11 is 0. The predicted molar refractivity (Wildman–Crippen MR) is 190 cm³/mol. The molecule has 18 heteroatoms. The molecule has 0 radical (unpaired) electrons. The highest BCUT2D eigenvalue weighted by molar-refractivity contribution is 6.59. The molecule has 2 N–H and O–H groups in total. The van der Waals surface area contributed by atoms with Crippen LogP contribution in [0.1, 0.15) is 79.6 Å². The van der Waals surface area contributed by atoms with E-state index in [-0.39, 0.29) is 49.1 Å². The fraction of sp³-hybridized carbons (Fsp3) is 0.541. The fourth-order valence-corrected chi connectivity index (χ4v) is 8.22. The van der Waals surface area contributed by atoms with Crippen molar-refractivity contribution >= 4 is 30.4 Å². The monoisotopic (exact) mass is 771 g/mol. The summed E-state index contributed by atoms with van der Waals surface area (Å²) in [6.07, 6.45) is -1.57. The van der Waals surface area contributed by atoms with Gasteiger partial charge in [-0.1, -0.05) is 24.1 Å². The van der Waals surface area contributed by atoms with Gasteiger partial charge in [-0.25, -0.2) is 4.68 Å². The van der Waals surface area contributed by atoms with Crippen LogP contribution in [0.4, 0.5) is 13.2 Å². The zero-order valence-corrected chi connectivity index (χ0v) is 31.2. The lowest BCUT2D eigenvalue weighted by molar-refractivity contribution is -0.169. The molecule has 55 heavy (non-hydrogen) atoms. The number of alkyl halides is 3. The second-order valence-corrected chi connectivity index (χ2v) is 14.4. The Balaban J connectivity index is 1.34. The Kier molecular flexibility index (Phi) is 11.7. The highest BCUT2D eigenvalue weighted by Gasteiger charge is 2.51. The summed E-state index contributed by atoms with van der Waals surface area (Å²) in [6.45, 7) is 1.53. The molecule has 14 nitrogen and oxygen atoms in total. The molecule has 2 aliphatic heterocycles. The average Bonchev–Trinajstić information content (AvgIpc) is 3.76. The van der Waals surface area contributed by atoms with Crippen LogP contribution in [0.25, 0.3) is 0 Å². The van der Waals surface area contributed by atoms with E-state index in [9.17, 15) is 37.6 Å². The molecular formula is C37H45BF3N5O9. The van der Waals surface area contributed by atoms with Gasteiger partial charge in [-0.05, 0) is 61.8 Å². The molecular weight excluding hydrogens is 726 g/mol. The highest BCUT2D eigenvalue weighted by atomic mass is 19.4. The molecule has 0 bridgehead atoms. The minimum absolute atomic E-state index is 0.0169. The Morgan fingerprint density at radius 2 is 1.80 bits per heavy atom. The normalized spacial score (nSPS) is 21.3. The van der Waals surface area contributed by atoms with E-state index in [0.717, 1.165) is 7.05 Å². The van der Waals surface area contributed by atoms with Crippen LogP contribution >= 0.6 is 0 Å². The first-order chi connectivity index (χ1) is 26.2. The number of carbonyl (C=O) groups is 3. The van der Waals surface area contributed by atoms with Crippen molar-refractivity contribution < 1.29 is 56.6 Å². The molecule has 2 fully saturated rings. The van der Waals surface area contributed by atoms with Crippen LogP contribution in [0.5, 0.6) is 17.2 Å². The van der Waals surface area contributed by atoms with E-state index in [4.69, 9.17) is 18.9 Å². The van der Waals surface area contributed by atoms with Gasteiger partial charge >= 0.3 is 19.3 Å². The van der Waals surface area contributed by atoms with E-state index in [1.54, 1.807) is 34.9 Å². The van der Waals surface area contributed by atoms with Crippen molar-refractivity contribution in [2.45, 2.75) is 77.3 Å². The van der Waals surface area contributed by atoms with E-state index in [1.165, 1.54) is 26.4 Å². The van der Waals surface area contributed by atoms with Gasteiger partial charge in [0.15, 0.2) is 5.69 Å². The largest absolute Gasteiger partial charge is 0.497 e. The first-order valence-electron chi connectivity index (χ1n) is 18.2. The van der Waals surface area contributed by atoms with Gasteiger partial charge in [-0.15, -0.1) is 5.10 Å². The molecule has 1 saturated heterocycles. The second kappa shape index (κ2) is 16.1. The molecule has 3 aliphatic rings. The third-order valence-electron chi connectivity index (χ3n) is 11.1. The summed E-state index contributed by atoms with van der Waals surface area (Å²) in [5, 5.41) is 28.0. The number of likely N-dealkylation sites (tertiary alicyclic amines) is 1. The Labute approximate surface area is 316 Å². The maximum atomic E-state index is 15.0. The van der Waals surface area contributed by atoms with Crippen LogP contribution in [0.2, 0.25) is 0 Å². The van der Waals surface area contributed by atoms with E-state index in [2.05, 4.69) is 10.3 Å². The number of hydrogen-bond donors (Lipinski definition) is 2. The van der Waals surface area contributed by atoms with Crippen LogP contribution in [-0.4, -0.2) is 93.6 Å². The minimum Gasteiger partial charge on any atom is -0.497 e. The summed E-state index contributed by atoms with van der Waals surface area (Å²) in [4.78, 5) is 45.2. The summed E-state index contributed by atoms with van der Waals surface area (Å²) in [7, 11) is 2.24. The standard InChI is InChI=1S/C37H45BF3N5O9/c1-36(35(49)55-20-22-10-11-23(52-3)18-30(22)53-4)15-6-5-8-25(36)34(48)46-17-14-24-26(38(50)51)12-13-29(32(24)28(46)19-45-16-7-9-31(45)47)54-21-27-33(37(39,40)41)44(2)43-42-27/h10-13,18,25,28,50-51H,5-9,14-17,19-21H2,1-4H3/t25-,28+,36-/m0/s1. The molecule has 2 aromatic carbocycles. The Hall–Kier alpha value is -4.84. The van der Waals surface area contributed by atoms with Gasteiger partial charge < -0.3 is 38.8 Å². The lowest BCUT2D eigenvalue weighted by Gasteiger charge is -2.45. The van der Waals surface area contributed by atoms with Crippen LogP contribution in [0.3, 0.4) is 0 Å². The molecule has 3 atom stereocenters. The number of fused-ring (bicyclic) bond motifs is 1. The maximum Gasteiger partial charge on any atom is 0.488 e. The topological polar surface area (TPSA) is 166 Å². The Morgan fingerprint density at radius 3 is 2.47 bits per heavy atom. The fourth-order valence-electron chi connectivity index (χ4n) is 8.22. The smallest absolute Gasteiger partial charge is 0.488 e. The number of aryl methyl sites for hydroxylation is 1. The van der Waals surface area contributed by atoms with Gasteiger partial charge in [0.1, 0.15) is 36.2 Å². The lowest BCUT2D eigenvalue weighted by Crippen LogP contribution is -2.54. The third-order valence-corrected chi connectivity index (χ3v) is 11.1. The number of rotatable bonds is 12. The molecule has 1 aliphatic carbocycles. The molecule has 0 spiro atoms. The van der Waals surface area contributed by atoms with Crippen molar-refractivity contribution in [3.8, 4) is 17.2 Å². The third kappa shape index (κ3) is 7.97. The van der Waals surface area contributed by atoms with Gasteiger partial charge in [0.05, 0.1) is 31.6 Å². The number of halogens is 3. The summed E-state index contributed by atoms with van der Waals surface area (Å²) in [6, 6.07) is 7.07. The molecule has 6 rings (SSSR count). The van der Waals surface area contributed by atoms with Crippen molar-refractivity contribution in [2.75, 3.05) is 33.9 Å². The second-order valence-electron chi connectivity index (χ2n) is 14.4. The predicted octanol–water partition coefficient (Wildman–Crippen LogP) is 3.10. The quantitative estimate of drug-likeness (QED) is 0.205. The average molecular weight is 772 g/mol. The number of amides is 2. The number of nitrogens with zero attached hydrogens (tertiary/aromatic N) is 5. The zero-order chi connectivity index (χ0) is 39.7. The van der Waals surface area contributed by atoms with E-state index < -0.39 is 54.6 Å². The summed E-state index contributed by atoms with van der Waals surface area (Å²) in [5.41, 5.74) is -1.23. The highest BCUT2D eigenvalue weighted by Crippen LogP contribution is 2.46. The van der Waals surface area contributed by atoms with Crippen molar-refractivity contribution in [1.29, 1.82) is 0 Å². The van der Waals surface area contributed by atoms with Crippen molar-refractivity contribution in [2.24, 2.45) is 18.4 Å². The molecule has 296 valence electrons. The lowest BCUT2D eigenvalue weighted by atomic mass is 9.66. The minimum atomic E-state index is -4.77. The Bertz CT molecular complexity index is 1920. The zero-order valence-electron chi connectivity index (χ0n) is 31.2. The summed E-state index contributed by atoms with van der Waals surface area (Å²) in [5.74, 6) is -0.710. The van der Waals surface area contributed by atoms with Gasteiger partial charge in [0.25, 0.3) is 0 Å². The first kappa shape index (κ1) is 39.8. The van der Waals surface area contributed by atoms with Crippen LogP contribution in [0.15, 0.2) is 30.3 Å². The van der Waals surface area contributed by atoms with Crippen LogP contribution < -0.4 is 19.7 Å². The van der Waals surface area contributed by atoms with Gasteiger partial charge in [-0.3, -0.25) is 14.4 Å². The van der Waals surface area contributed by atoms with Gasteiger partial charge in [0, 0.05) is 50.3 Å². The molecule has 1 aromatic heterocycles. The maximum absolute atomic E-state index is 15.0. The molecule has 1 saturated carbocycles. The van der Waals surface area contributed by atoms with Gasteiger partial charge in [-0.2, -0.15) is 13.2 Å². The van der Waals surface area contributed by atoms with Crippen molar-refractivity contribution in [1.82, 2.24) is 24.8 Å². The van der Waals surface area contributed by atoms with Crippen LogP contribution in [0, 0.1) is 11.3 Å². The number of hydrogen-bond acceptors (Lipinski definition) is 11. The number of benzene rings is 2. The molecule has 3 aromatic rings. The molecule has 2 amide bonds. The van der Waals surface area contributed by atoms with E-state index in [0.29, 0.717) is 77.9 Å². The van der Waals surface area contributed by atoms with Crippen molar-refractivity contribution in [3.63, 3.8) is 0 Å². The first-order valence-corrected chi connectivity index (χ1v) is 18.2. The molecule has 0 unspecified atom stereocenters. The van der Waals surface area contributed by atoms with Crippen LogP contribution in [-0.2, 0) is 52.0 Å². The molecule has 3 heterocycles. The number of methoxy groups -OCH3 is 2. The SMILES string of the molecule is COc1ccc(COC(=O)[C@@]2(C)CCCC[C@H]2C(=O)N2CCc3c(B(O)O)ccc(OCc4nnn(C)c4C(F)(F)F)c3[C@H]2CN2CCCC2=O)c(OC)c1. The van der Waals surface area contributed by atoms with Crippen molar-refractivity contribution in [3.05, 3.63) is 58.4 Å². The number of esters is 1. The number of aromatic nitrogens is 3. The Morgan fingerprint density at radius 1 is 1.02 bits per heavy atom. The van der Waals surface area contributed by atoms with E-state index >= 15 is 0 Å². The van der Waals surface area contributed by atoms with E-state index in [1.807, 2.05) is 0 Å². The van der Waals surface area contributed by atoms with Gasteiger partial charge in [0.2, 0.25) is 11.8 Å². The number of ether oxygens (including phenoxy) is 4.